The molecule has 0 saturated carbocycles. The first-order valence-electron chi connectivity index (χ1n) is 9.97. The van der Waals surface area contributed by atoms with E-state index in [1.165, 1.54) is 18.2 Å². The van der Waals surface area contributed by atoms with Crippen LogP contribution in [0.3, 0.4) is 0 Å². The van der Waals surface area contributed by atoms with Gasteiger partial charge in [0.15, 0.2) is 0 Å². The highest BCUT2D eigenvalue weighted by Crippen LogP contribution is 2.31. The number of non-ortho nitro benzene ring substituents is 1. The second-order valence-electron chi connectivity index (χ2n) is 7.36. The first kappa shape index (κ1) is 21.5. The molecule has 33 heavy (non-hydrogen) atoms. The highest BCUT2D eigenvalue weighted by molar-refractivity contribution is 6.19. The van der Waals surface area contributed by atoms with Crippen LogP contribution in [-0.2, 0) is 16.1 Å². The summed E-state index contributed by atoms with van der Waals surface area (Å²) in [6.45, 7) is 1.58. The van der Waals surface area contributed by atoms with Gasteiger partial charge in [-0.05, 0) is 36.3 Å². The van der Waals surface area contributed by atoms with Crippen molar-refractivity contribution in [3.63, 3.8) is 0 Å². The molecule has 1 aliphatic heterocycles. The second-order valence-corrected chi connectivity index (χ2v) is 7.36. The topological polar surface area (TPSA) is 117 Å². The van der Waals surface area contributed by atoms with E-state index in [2.05, 4.69) is 0 Å². The van der Waals surface area contributed by atoms with Gasteiger partial charge >= 0.3 is 0 Å². The van der Waals surface area contributed by atoms with Crippen LogP contribution in [0.4, 0.5) is 5.69 Å². The fourth-order valence-electron chi connectivity index (χ4n) is 3.54. The van der Waals surface area contributed by atoms with Crippen LogP contribution in [0, 0.1) is 21.4 Å². The molecule has 0 spiro atoms. The SMILES string of the molecule is CC1=C(C#N)C(=O)N(Cc2ccccc2)C(=O)/C1=C/c1ccc(-c2cccc([N+](=O)[O-])c2)o1. The van der Waals surface area contributed by atoms with Crippen LogP contribution in [-0.4, -0.2) is 21.6 Å². The molecule has 2 heterocycles. The van der Waals surface area contributed by atoms with Crippen molar-refractivity contribution in [2.45, 2.75) is 13.5 Å². The Balaban J connectivity index is 1.71. The number of nitriles is 1. The summed E-state index contributed by atoms with van der Waals surface area (Å²) < 4.78 is 5.79. The third-order valence-corrected chi connectivity index (χ3v) is 5.26. The summed E-state index contributed by atoms with van der Waals surface area (Å²) >= 11 is 0. The summed E-state index contributed by atoms with van der Waals surface area (Å²) in [5, 5.41) is 20.6. The van der Waals surface area contributed by atoms with Crippen LogP contribution in [0.2, 0.25) is 0 Å². The fourth-order valence-corrected chi connectivity index (χ4v) is 3.54. The van der Waals surface area contributed by atoms with Crippen molar-refractivity contribution in [1.29, 1.82) is 5.26 Å². The van der Waals surface area contributed by atoms with Gasteiger partial charge in [0.2, 0.25) is 0 Å². The number of amides is 2. The minimum atomic E-state index is -0.641. The number of nitrogens with zero attached hydrogens (tertiary/aromatic N) is 3. The Hall–Kier alpha value is -4.77. The molecule has 1 aromatic heterocycles. The lowest BCUT2D eigenvalue weighted by molar-refractivity contribution is -0.384. The van der Waals surface area contributed by atoms with Crippen LogP contribution in [0.1, 0.15) is 18.2 Å². The first-order valence-corrected chi connectivity index (χ1v) is 9.97. The second kappa shape index (κ2) is 8.77. The molecule has 2 amide bonds. The average Bonchev–Trinajstić information content (AvgIpc) is 3.29. The highest BCUT2D eigenvalue weighted by Gasteiger charge is 2.35. The lowest BCUT2D eigenvalue weighted by Crippen LogP contribution is -2.42. The van der Waals surface area contributed by atoms with Gasteiger partial charge in [-0.2, -0.15) is 5.26 Å². The van der Waals surface area contributed by atoms with Gasteiger partial charge in [0.1, 0.15) is 23.2 Å². The number of benzene rings is 2. The number of nitro groups is 1. The number of hydrogen-bond donors (Lipinski definition) is 0. The third kappa shape index (κ3) is 4.20. The zero-order chi connectivity index (χ0) is 23.5. The minimum Gasteiger partial charge on any atom is -0.457 e. The first-order chi connectivity index (χ1) is 15.9. The standard InChI is InChI=1S/C25H17N3O5/c1-16-21(13-20-10-11-23(33-20)18-8-5-9-19(12-18)28(31)32)24(29)27(25(30)22(16)14-26)15-17-6-3-2-4-7-17/h2-13H,15H2,1H3/b21-13+. The number of nitro benzene ring substituents is 1. The van der Waals surface area contributed by atoms with Crippen molar-refractivity contribution in [3.8, 4) is 17.4 Å². The molecule has 0 bridgehead atoms. The van der Waals surface area contributed by atoms with Crippen molar-refractivity contribution < 1.29 is 18.9 Å². The van der Waals surface area contributed by atoms with Gasteiger partial charge in [-0.25, -0.2) is 0 Å². The molecule has 0 fully saturated rings. The molecule has 0 saturated heterocycles. The zero-order valence-electron chi connectivity index (χ0n) is 17.5. The summed E-state index contributed by atoms with van der Waals surface area (Å²) in [6, 6.07) is 20.2. The van der Waals surface area contributed by atoms with Crippen LogP contribution >= 0.6 is 0 Å². The van der Waals surface area contributed by atoms with Crippen molar-refractivity contribution in [3.05, 3.63) is 105 Å². The Labute approximate surface area is 188 Å². The summed E-state index contributed by atoms with van der Waals surface area (Å²) in [5.41, 5.74) is 1.52. The largest absolute Gasteiger partial charge is 0.457 e. The summed E-state index contributed by atoms with van der Waals surface area (Å²) in [4.78, 5) is 37.5. The molecule has 0 aliphatic carbocycles. The van der Waals surface area contributed by atoms with Crippen LogP contribution < -0.4 is 0 Å². The maximum absolute atomic E-state index is 13.2. The van der Waals surface area contributed by atoms with Crippen molar-refractivity contribution in [1.82, 2.24) is 4.90 Å². The normalized spacial score (nSPS) is 15.2. The number of furan rings is 1. The van der Waals surface area contributed by atoms with Gasteiger partial charge in [0.05, 0.1) is 11.5 Å². The van der Waals surface area contributed by atoms with Gasteiger partial charge < -0.3 is 4.42 Å². The molecular formula is C25H17N3O5. The number of hydrogen-bond acceptors (Lipinski definition) is 6. The smallest absolute Gasteiger partial charge is 0.271 e. The predicted molar refractivity (Wildman–Crippen MR) is 119 cm³/mol. The van der Waals surface area contributed by atoms with Crippen molar-refractivity contribution >= 4 is 23.6 Å². The Morgan fingerprint density at radius 2 is 1.82 bits per heavy atom. The fraction of sp³-hybridized carbons (Fsp3) is 0.0800. The van der Waals surface area contributed by atoms with Crippen molar-refractivity contribution in [2.75, 3.05) is 0 Å². The third-order valence-electron chi connectivity index (χ3n) is 5.26. The van der Waals surface area contributed by atoms with E-state index >= 15 is 0 Å². The van der Waals surface area contributed by atoms with Crippen LogP contribution in [0.25, 0.3) is 17.4 Å². The maximum atomic E-state index is 13.2. The Bertz CT molecular complexity index is 1380. The molecule has 4 rings (SSSR count). The molecule has 0 N–H and O–H groups in total. The van der Waals surface area contributed by atoms with Gasteiger partial charge in [0.25, 0.3) is 17.5 Å². The minimum absolute atomic E-state index is 0.0331. The maximum Gasteiger partial charge on any atom is 0.271 e. The van der Waals surface area contributed by atoms with Gasteiger partial charge in [-0.15, -0.1) is 0 Å². The lowest BCUT2D eigenvalue weighted by atomic mass is 9.94. The van der Waals surface area contributed by atoms with E-state index in [1.807, 2.05) is 12.1 Å². The van der Waals surface area contributed by atoms with Gasteiger partial charge in [-0.3, -0.25) is 24.6 Å². The quantitative estimate of drug-likeness (QED) is 0.247. The number of imide groups is 1. The number of carbonyl (C=O) groups is 2. The van der Waals surface area contributed by atoms with E-state index < -0.39 is 16.7 Å². The van der Waals surface area contributed by atoms with Gasteiger partial charge in [0, 0.05) is 23.3 Å². The molecule has 162 valence electrons. The number of carbonyl (C=O) groups excluding carboxylic acids is 2. The van der Waals surface area contributed by atoms with E-state index in [9.17, 15) is 25.0 Å². The van der Waals surface area contributed by atoms with E-state index in [4.69, 9.17) is 4.42 Å². The van der Waals surface area contributed by atoms with Crippen molar-refractivity contribution in [2.24, 2.45) is 0 Å². The molecule has 0 unspecified atom stereocenters. The molecular weight excluding hydrogens is 422 g/mol. The molecule has 1 aliphatic rings. The molecule has 8 heteroatoms. The lowest BCUT2D eigenvalue weighted by Gasteiger charge is -2.27. The summed E-state index contributed by atoms with van der Waals surface area (Å²) in [5.74, 6) is -0.481. The predicted octanol–water partition coefficient (Wildman–Crippen LogP) is 4.65. The van der Waals surface area contributed by atoms with E-state index in [1.54, 1.807) is 55.5 Å². The molecule has 0 atom stereocenters. The molecule has 3 aromatic rings. The van der Waals surface area contributed by atoms with E-state index in [-0.39, 0.29) is 29.0 Å². The Morgan fingerprint density at radius 3 is 2.52 bits per heavy atom. The number of rotatable bonds is 5. The van der Waals surface area contributed by atoms with Crippen LogP contribution in [0.15, 0.2) is 87.9 Å². The van der Waals surface area contributed by atoms with Crippen LogP contribution in [0.5, 0.6) is 0 Å². The van der Waals surface area contributed by atoms with Gasteiger partial charge in [-0.1, -0.05) is 42.5 Å². The zero-order valence-corrected chi connectivity index (χ0v) is 17.5. The summed E-state index contributed by atoms with van der Waals surface area (Å²) in [7, 11) is 0. The van der Waals surface area contributed by atoms with E-state index in [0.717, 1.165) is 10.5 Å². The molecule has 0 radical (unpaired) electrons. The highest BCUT2D eigenvalue weighted by atomic mass is 16.6. The Morgan fingerprint density at radius 1 is 1.06 bits per heavy atom. The molecule has 8 nitrogen and oxygen atoms in total. The average molecular weight is 439 g/mol. The molecule has 2 aromatic carbocycles. The Kier molecular flexibility index (Phi) is 5.70. The monoisotopic (exact) mass is 439 g/mol. The van der Waals surface area contributed by atoms with E-state index in [0.29, 0.717) is 17.1 Å². The summed E-state index contributed by atoms with van der Waals surface area (Å²) in [6.07, 6.45) is 1.47.